The van der Waals surface area contributed by atoms with Crippen LogP contribution in [-0.2, 0) is 23.4 Å². The van der Waals surface area contributed by atoms with Gasteiger partial charge in [-0.2, -0.15) is 10.2 Å². The molecule has 1 unspecified atom stereocenters. The number of rotatable bonds is 10. The number of aliphatic hydroxyl groups excluding tert-OH is 1. The second-order valence-corrected chi connectivity index (χ2v) is 12.8. The van der Waals surface area contributed by atoms with Crippen LogP contribution >= 0.6 is 7.75 Å². The number of carbonyl (C=O) groups excluding carboxylic acids is 1. The highest BCUT2D eigenvalue weighted by atomic mass is 31.2. The van der Waals surface area contributed by atoms with E-state index < -0.39 is 50.3 Å². The van der Waals surface area contributed by atoms with E-state index in [0.717, 1.165) is 0 Å². The number of aromatic nitrogens is 4. The Kier molecular flexibility index (Phi) is 8.63. The molecule has 12 nitrogen and oxygen atoms in total. The van der Waals surface area contributed by atoms with Gasteiger partial charge in [0.1, 0.15) is 36.4 Å². The lowest BCUT2D eigenvalue weighted by molar-refractivity contribution is -0.148. The summed E-state index contributed by atoms with van der Waals surface area (Å²) >= 11 is 0. The Bertz CT molecular complexity index is 1380. The number of ether oxygens (including phenoxy) is 2. The number of hydrogen-bond donors (Lipinski definition) is 2. The number of esters is 1. The summed E-state index contributed by atoms with van der Waals surface area (Å²) in [5.41, 5.74) is -1.27. The molecule has 40 heavy (non-hydrogen) atoms. The molecule has 2 N–H and O–H groups in total. The molecule has 0 saturated carbocycles. The molecular weight excluding hydrogens is 544 g/mol. The summed E-state index contributed by atoms with van der Waals surface area (Å²) in [6.07, 6.45) is -1.46. The molecule has 1 fully saturated rings. The Morgan fingerprint density at radius 2 is 2.00 bits per heavy atom. The molecule has 3 aromatic rings. The molecular formula is C26H35FN5O7P. The van der Waals surface area contributed by atoms with Crippen LogP contribution in [0.4, 0.5) is 4.39 Å². The molecule has 1 aliphatic rings. The first-order valence-electron chi connectivity index (χ1n) is 12.8. The molecule has 0 radical (unpaired) electrons. The average molecular weight is 580 g/mol. The van der Waals surface area contributed by atoms with Gasteiger partial charge in [0.15, 0.2) is 11.3 Å². The summed E-state index contributed by atoms with van der Waals surface area (Å²) in [5, 5.41) is 17.6. The number of halogens is 1. The van der Waals surface area contributed by atoms with Gasteiger partial charge >= 0.3 is 13.7 Å². The maximum Gasteiger partial charge on any atom is 0.459 e. The van der Waals surface area contributed by atoms with E-state index >= 15 is 4.39 Å². The lowest BCUT2D eigenvalue weighted by atomic mass is 9.93. The van der Waals surface area contributed by atoms with E-state index in [-0.39, 0.29) is 23.5 Å². The van der Waals surface area contributed by atoms with E-state index in [0.29, 0.717) is 11.3 Å². The van der Waals surface area contributed by atoms with Crippen LogP contribution in [0.25, 0.3) is 5.65 Å². The monoisotopic (exact) mass is 579 g/mol. The molecule has 1 saturated heterocycles. The fourth-order valence-corrected chi connectivity index (χ4v) is 5.60. The number of alkyl halides is 1. The third kappa shape index (κ3) is 6.67. The number of benzene rings is 1. The van der Waals surface area contributed by atoms with Gasteiger partial charge in [0.05, 0.1) is 30.8 Å². The van der Waals surface area contributed by atoms with Gasteiger partial charge in [-0.25, -0.2) is 23.4 Å². The Balaban J connectivity index is 1.51. The summed E-state index contributed by atoms with van der Waals surface area (Å²) in [7, 11) is -4.26. The van der Waals surface area contributed by atoms with E-state index in [1.54, 1.807) is 37.3 Å². The Morgan fingerprint density at radius 3 is 2.67 bits per heavy atom. The Labute approximate surface area is 231 Å². The number of aryl methyl sites for hydroxylation is 1. The Morgan fingerprint density at radius 1 is 1.30 bits per heavy atom. The molecule has 6 atom stereocenters. The number of nitrogens with zero attached hydrogens (tertiary/aromatic N) is 4. The van der Waals surface area contributed by atoms with Crippen LogP contribution in [-0.4, -0.2) is 67.8 Å². The highest BCUT2D eigenvalue weighted by Crippen LogP contribution is 2.48. The van der Waals surface area contributed by atoms with E-state index in [2.05, 4.69) is 20.2 Å². The maximum absolute atomic E-state index is 15.9. The molecule has 14 heteroatoms. The van der Waals surface area contributed by atoms with Crippen LogP contribution in [0, 0.1) is 12.3 Å². The van der Waals surface area contributed by atoms with Gasteiger partial charge in [-0.1, -0.05) is 39.0 Å². The SMILES string of the molecule is Cc1ncnn2c([C@@H]3O[C@H](COP(=O)(N[C@@H](C)C(=O)OCC(C)(C)C)Oc4ccccc4)[C@@H](O)[C@@]3(C)F)cnc12. The summed E-state index contributed by atoms with van der Waals surface area (Å²) in [6, 6.07) is 7.13. The second kappa shape index (κ2) is 11.5. The minimum atomic E-state index is -4.26. The molecule has 0 amide bonds. The quantitative estimate of drug-likeness (QED) is 0.268. The first-order valence-corrected chi connectivity index (χ1v) is 14.4. The molecule has 0 aliphatic carbocycles. The second-order valence-electron chi connectivity index (χ2n) is 11.1. The fraction of sp³-hybridized carbons (Fsp3) is 0.538. The normalized spacial score (nSPS) is 25.4. The first kappa shape index (κ1) is 30.0. The summed E-state index contributed by atoms with van der Waals surface area (Å²) in [5.74, 6) is -0.454. The van der Waals surface area contributed by atoms with Gasteiger partial charge in [-0.15, -0.1) is 0 Å². The van der Waals surface area contributed by atoms with Crippen molar-refractivity contribution in [2.24, 2.45) is 5.41 Å². The zero-order chi connectivity index (χ0) is 29.3. The fourth-order valence-electron chi connectivity index (χ4n) is 4.10. The number of aliphatic hydroxyl groups is 1. The summed E-state index contributed by atoms with van der Waals surface area (Å²) in [6.45, 7) is 9.74. The van der Waals surface area contributed by atoms with Crippen molar-refractivity contribution >= 4 is 19.4 Å². The number of hydrogen-bond acceptors (Lipinski definition) is 10. The number of fused-ring (bicyclic) bond motifs is 1. The van der Waals surface area contributed by atoms with Crippen LogP contribution in [0.2, 0.25) is 0 Å². The molecule has 218 valence electrons. The number of para-hydroxylation sites is 1. The Hall–Kier alpha value is -2.96. The molecule has 0 bridgehead atoms. The van der Waals surface area contributed by atoms with E-state index in [9.17, 15) is 14.5 Å². The maximum atomic E-state index is 15.9. The van der Waals surface area contributed by atoms with Crippen molar-refractivity contribution in [2.45, 2.75) is 71.6 Å². The predicted octanol–water partition coefficient (Wildman–Crippen LogP) is 3.73. The lowest BCUT2D eigenvalue weighted by Crippen LogP contribution is -2.40. The third-order valence-electron chi connectivity index (χ3n) is 6.26. The van der Waals surface area contributed by atoms with Gasteiger partial charge in [0.25, 0.3) is 0 Å². The third-order valence-corrected chi connectivity index (χ3v) is 7.90. The van der Waals surface area contributed by atoms with Crippen molar-refractivity contribution in [3.05, 3.63) is 54.2 Å². The number of nitrogens with one attached hydrogen (secondary N) is 1. The van der Waals surface area contributed by atoms with Gasteiger partial charge < -0.3 is 19.1 Å². The van der Waals surface area contributed by atoms with Crippen LogP contribution in [0.15, 0.2) is 42.9 Å². The molecule has 2 aromatic heterocycles. The van der Waals surface area contributed by atoms with Crippen LogP contribution in [0.1, 0.15) is 52.1 Å². The van der Waals surface area contributed by atoms with Gasteiger partial charge in [0.2, 0.25) is 0 Å². The molecule has 0 spiro atoms. The van der Waals surface area contributed by atoms with Crippen molar-refractivity contribution in [3.8, 4) is 5.75 Å². The number of carbonyl (C=O) groups is 1. The highest BCUT2D eigenvalue weighted by Gasteiger charge is 2.56. The zero-order valence-electron chi connectivity index (χ0n) is 23.3. The van der Waals surface area contributed by atoms with E-state index in [4.69, 9.17) is 18.5 Å². The highest BCUT2D eigenvalue weighted by molar-refractivity contribution is 7.52. The summed E-state index contributed by atoms with van der Waals surface area (Å²) < 4.78 is 53.6. The van der Waals surface area contributed by atoms with Gasteiger partial charge in [0, 0.05) is 0 Å². The van der Waals surface area contributed by atoms with Crippen molar-refractivity contribution in [2.75, 3.05) is 13.2 Å². The molecule has 3 heterocycles. The van der Waals surface area contributed by atoms with Crippen molar-refractivity contribution in [1.29, 1.82) is 0 Å². The van der Waals surface area contributed by atoms with E-state index in [1.165, 1.54) is 30.9 Å². The zero-order valence-corrected chi connectivity index (χ0v) is 24.2. The minimum absolute atomic E-state index is 0.148. The average Bonchev–Trinajstić information content (AvgIpc) is 3.40. The topological polar surface area (TPSA) is 146 Å². The standard InChI is InChI=1S/C26H35FN5O7P/c1-16-23-28-12-19(32(23)30-15-29-16)22-26(6,27)21(33)20(38-22)13-37-40(35,39-18-10-8-7-9-11-18)31-17(2)24(34)36-14-25(3,4)5/h7-12,15,17,20-22,33H,13-14H2,1-6H3,(H,31,35)/t17-,20+,21+,22-,26+,40?/m0/s1. The van der Waals surface area contributed by atoms with Gasteiger partial charge in [-0.3, -0.25) is 9.32 Å². The molecule has 1 aromatic carbocycles. The predicted molar refractivity (Wildman–Crippen MR) is 142 cm³/mol. The van der Waals surface area contributed by atoms with Crippen LogP contribution < -0.4 is 9.61 Å². The van der Waals surface area contributed by atoms with E-state index in [1.807, 2.05) is 20.8 Å². The van der Waals surface area contributed by atoms with Crippen LogP contribution in [0.5, 0.6) is 5.75 Å². The van der Waals surface area contributed by atoms with Gasteiger partial charge in [-0.05, 0) is 38.3 Å². The lowest BCUT2D eigenvalue weighted by Gasteiger charge is -2.26. The molecule has 4 rings (SSSR count). The van der Waals surface area contributed by atoms with Crippen molar-refractivity contribution in [1.82, 2.24) is 24.7 Å². The van der Waals surface area contributed by atoms with Crippen molar-refractivity contribution < 1.29 is 37.4 Å². The van der Waals surface area contributed by atoms with Crippen molar-refractivity contribution in [3.63, 3.8) is 0 Å². The summed E-state index contributed by atoms with van der Waals surface area (Å²) in [4.78, 5) is 20.9. The smallest absolute Gasteiger partial charge is 0.459 e. The molecule has 1 aliphatic heterocycles. The first-order chi connectivity index (χ1) is 18.7. The largest absolute Gasteiger partial charge is 0.464 e. The number of imidazole rings is 1. The van der Waals surface area contributed by atoms with Crippen LogP contribution in [0.3, 0.4) is 0 Å². The minimum Gasteiger partial charge on any atom is -0.464 e.